The van der Waals surface area contributed by atoms with Gasteiger partial charge in [-0.2, -0.15) is 0 Å². The van der Waals surface area contributed by atoms with Crippen LogP contribution in [-0.2, 0) is 11.3 Å². The Hall–Kier alpha value is -1.62. The second-order valence-corrected chi connectivity index (χ2v) is 4.66. The molecule has 0 unspecified atom stereocenters. The number of rotatable bonds is 6. The van der Waals surface area contributed by atoms with Gasteiger partial charge >= 0.3 is 0 Å². The second kappa shape index (κ2) is 6.02. The molecule has 2 rings (SSSR count). The molecule has 1 fully saturated rings. The summed E-state index contributed by atoms with van der Waals surface area (Å²) in [4.78, 5) is 13.7. The number of halogens is 1. The molecule has 0 radical (unpaired) electrons. The van der Waals surface area contributed by atoms with Crippen LogP contribution in [0.1, 0.15) is 25.3 Å². The molecule has 1 saturated carbocycles. The van der Waals surface area contributed by atoms with Gasteiger partial charge in [0.1, 0.15) is 11.6 Å². The number of likely N-dealkylation sites (N-methyl/N-ethyl adjacent to an activating group) is 1. The molecule has 19 heavy (non-hydrogen) atoms. The van der Waals surface area contributed by atoms with E-state index in [2.05, 4.69) is 0 Å². The topological polar surface area (TPSA) is 55.6 Å². The van der Waals surface area contributed by atoms with Crippen LogP contribution in [0.15, 0.2) is 18.2 Å². The molecular formula is C14H19FN2O2. The van der Waals surface area contributed by atoms with E-state index < -0.39 is 5.82 Å². The summed E-state index contributed by atoms with van der Waals surface area (Å²) >= 11 is 0. The van der Waals surface area contributed by atoms with Gasteiger partial charge in [0, 0.05) is 30.8 Å². The van der Waals surface area contributed by atoms with Crippen LogP contribution in [0, 0.1) is 5.82 Å². The van der Waals surface area contributed by atoms with Crippen molar-refractivity contribution in [2.75, 3.05) is 13.2 Å². The van der Waals surface area contributed by atoms with E-state index in [9.17, 15) is 9.18 Å². The summed E-state index contributed by atoms with van der Waals surface area (Å²) < 4.78 is 18.8. The summed E-state index contributed by atoms with van der Waals surface area (Å²) in [6.07, 6.45) is 2.14. The summed E-state index contributed by atoms with van der Waals surface area (Å²) in [5, 5.41) is 0. The molecule has 5 heteroatoms. The van der Waals surface area contributed by atoms with Crippen molar-refractivity contribution in [1.29, 1.82) is 0 Å². The van der Waals surface area contributed by atoms with Crippen molar-refractivity contribution in [3.63, 3.8) is 0 Å². The minimum Gasteiger partial charge on any atom is -0.484 e. The predicted molar refractivity (Wildman–Crippen MR) is 70.2 cm³/mol. The maximum absolute atomic E-state index is 13.5. The molecular weight excluding hydrogens is 247 g/mol. The monoisotopic (exact) mass is 266 g/mol. The van der Waals surface area contributed by atoms with Crippen molar-refractivity contribution < 1.29 is 13.9 Å². The lowest BCUT2D eigenvalue weighted by atomic mass is 10.2. The first kappa shape index (κ1) is 13.8. The molecule has 1 aromatic rings. The van der Waals surface area contributed by atoms with E-state index in [-0.39, 0.29) is 19.1 Å². The van der Waals surface area contributed by atoms with Crippen LogP contribution in [-0.4, -0.2) is 30.0 Å². The van der Waals surface area contributed by atoms with Gasteiger partial charge in [0.05, 0.1) is 0 Å². The molecule has 1 aliphatic carbocycles. The molecule has 0 aromatic heterocycles. The molecule has 0 saturated heterocycles. The molecule has 1 aromatic carbocycles. The third kappa shape index (κ3) is 3.44. The lowest BCUT2D eigenvalue weighted by molar-refractivity contribution is -0.133. The molecule has 0 spiro atoms. The smallest absolute Gasteiger partial charge is 0.260 e. The minimum atomic E-state index is -0.401. The van der Waals surface area contributed by atoms with Gasteiger partial charge in [-0.15, -0.1) is 0 Å². The minimum absolute atomic E-state index is 0.0479. The Labute approximate surface area is 112 Å². The largest absolute Gasteiger partial charge is 0.484 e. The molecule has 4 nitrogen and oxygen atoms in total. The fraction of sp³-hybridized carbons (Fsp3) is 0.500. The van der Waals surface area contributed by atoms with Crippen molar-refractivity contribution in [1.82, 2.24) is 4.90 Å². The van der Waals surface area contributed by atoms with Crippen molar-refractivity contribution in [2.45, 2.75) is 32.4 Å². The number of ether oxygens (including phenoxy) is 1. The molecule has 0 bridgehead atoms. The van der Waals surface area contributed by atoms with Crippen molar-refractivity contribution in [3.05, 3.63) is 29.6 Å². The Kier molecular flexibility index (Phi) is 4.37. The van der Waals surface area contributed by atoms with Crippen LogP contribution in [0.2, 0.25) is 0 Å². The Balaban J connectivity index is 1.91. The molecule has 104 valence electrons. The van der Waals surface area contributed by atoms with Gasteiger partial charge in [0.15, 0.2) is 6.61 Å². The van der Waals surface area contributed by atoms with Gasteiger partial charge in [-0.1, -0.05) is 6.07 Å². The lowest BCUT2D eigenvalue weighted by Gasteiger charge is -2.20. The fourth-order valence-electron chi connectivity index (χ4n) is 2.04. The number of nitrogens with zero attached hydrogens (tertiary/aromatic N) is 1. The average molecular weight is 266 g/mol. The summed E-state index contributed by atoms with van der Waals surface area (Å²) in [5.41, 5.74) is 5.82. The molecule has 0 aliphatic heterocycles. The summed E-state index contributed by atoms with van der Waals surface area (Å²) in [6.45, 7) is 2.74. The zero-order valence-electron chi connectivity index (χ0n) is 11.1. The van der Waals surface area contributed by atoms with Gasteiger partial charge in [0.2, 0.25) is 0 Å². The highest BCUT2D eigenvalue weighted by Crippen LogP contribution is 2.26. The zero-order valence-corrected chi connectivity index (χ0v) is 11.1. The number of hydrogen-bond donors (Lipinski definition) is 1. The highest BCUT2D eigenvalue weighted by atomic mass is 19.1. The normalized spacial score (nSPS) is 14.3. The Morgan fingerprint density at radius 2 is 2.26 bits per heavy atom. The Morgan fingerprint density at radius 1 is 1.53 bits per heavy atom. The first-order valence-electron chi connectivity index (χ1n) is 6.56. The first-order valence-corrected chi connectivity index (χ1v) is 6.56. The van der Waals surface area contributed by atoms with E-state index in [0.29, 0.717) is 23.9 Å². The van der Waals surface area contributed by atoms with Crippen molar-refractivity contribution in [2.24, 2.45) is 5.73 Å². The quantitative estimate of drug-likeness (QED) is 0.852. The number of carbonyl (C=O) groups excluding carboxylic acids is 1. The van der Waals surface area contributed by atoms with Crippen LogP contribution in [0.3, 0.4) is 0 Å². The summed E-state index contributed by atoms with van der Waals surface area (Å²) in [7, 11) is 0. The molecule has 1 amide bonds. The Bertz CT molecular complexity index is 461. The van der Waals surface area contributed by atoms with Gasteiger partial charge < -0.3 is 15.4 Å². The second-order valence-electron chi connectivity index (χ2n) is 4.66. The average Bonchev–Trinajstić information content (AvgIpc) is 3.22. The molecule has 0 atom stereocenters. The van der Waals surface area contributed by atoms with E-state index in [4.69, 9.17) is 10.5 Å². The van der Waals surface area contributed by atoms with E-state index >= 15 is 0 Å². The molecule has 2 N–H and O–H groups in total. The van der Waals surface area contributed by atoms with E-state index in [1.54, 1.807) is 12.1 Å². The number of benzene rings is 1. The summed E-state index contributed by atoms with van der Waals surface area (Å²) in [5.74, 6) is -0.0924. The third-order valence-corrected chi connectivity index (χ3v) is 3.26. The van der Waals surface area contributed by atoms with Crippen LogP contribution in [0.25, 0.3) is 0 Å². The van der Waals surface area contributed by atoms with Gasteiger partial charge in [-0.3, -0.25) is 4.79 Å². The van der Waals surface area contributed by atoms with Gasteiger partial charge in [-0.05, 0) is 25.8 Å². The van der Waals surface area contributed by atoms with Crippen LogP contribution < -0.4 is 10.5 Å². The van der Waals surface area contributed by atoms with Crippen LogP contribution in [0.5, 0.6) is 5.75 Å². The third-order valence-electron chi connectivity index (χ3n) is 3.26. The van der Waals surface area contributed by atoms with Crippen molar-refractivity contribution in [3.8, 4) is 5.75 Å². The fourth-order valence-corrected chi connectivity index (χ4v) is 2.04. The first-order chi connectivity index (χ1) is 9.15. The predicted octanol–water partition coefficient (Wildman–Crippen LogP) is 1.67. The SMILES string of the molecule is CCN(C(=O)COc1ccc(CN)c(F)c1)C1CC1. The number of amides is 1. The Morgan fingerprint density at radius 3 is 2.79 bits per heavy atom. The standard InChI is InChI=1S/C14H19FN2O2/c1-2-17(11-4-5-11)14(18)9-19-12-6-3-10(8-16)13(15)7-12/h3,6-7,11H,2,4-5,8-9,16H2,1H3. The number of hydrogen-bond acceptors (Lipinski definition) is 3. The lowest BCUT2D eigenvalue weighted by Crippen LogP contribution is -2.36. The maximum Gasteiger partial charge on any atom is 0.260 e. The number of nitrogens with two attached hydrogens (primary N) is 1. The van der Waals surface area contributed by atoms with Crippen LogP contribution in [0.4, 0.5) is 4.39 Å². The highest BCUT2D eigenvalue weighted by Gasteiger charge is 2.31. The van der Waals surface area contributed by atoms with Gasteiger partial charge in [-0.25, -0.2) is 4.39 Å². The van der Waals surface area contributed by atoms with Crippen LogP contribution >= 0.6 is 0 Å². The van der Waals surface area contributed by atoms with E-state index in [1.807, 2.05) is 11.8 Å². The van der Waals surface area contributed by atoms with E-state index in [0.717, 1.165) is 12.8 Å². The summed E-state index contributed by atoms with van der Waals surface area (Å²) in [6, 6.07) is 4.85. The zero-order chi connectivity index (χ0) is 13.8. The molecule has 0 heterocycles. The number of carbonyl (C=O) groups is 1. The molecule has 1 aliphatic rings. The van der Waals surface area contributed by atoms with E-state index in [1.165, 1.54) is 6.07 Å². The highest BCUT2D eigenvalue weighted by molar-refractivity contribution is 5.78. The van der Waals surface area contributed by atoms with Crippen molar-refractivity contribution >= 4 is 5.91 Å². The van der Waals surface area contributed by atoms with Gasteiger partial charge in [0.25, 0.3) is 5.91 Å². The maximum atomic E-state index is 13.5.